The third kappa shape index (κ3) is 7.10. The highest BCUT2D eigenvalue weighted by molar-refractivity contribution is 5.80. The highest BCUT2D eigenvalue weighted by atomic mass is 16.5. The monoisotopic (exact) mass is 420 g/mol. The molecule has 0 aliphatic rings. The number of oxazole rings is 1. The smallest absolute Gasteiger partial charge is 0.306 e. The van der Waals surface area contributed by atoms with Crippen LogP contribution < -0.4 is 5.32 Å². The summed E-state index contributed by atoms with van der Waals surface area (Å²) in [5.41, 5.74) is 1.96. The first kappa shape index (κ1) is 22.3. The van der Waals surface area contributed by atoms with Crippen molar-refractivity contribution >= 4 is 11.9 Å². The van der Waals surface area contributed by atoms with Gasteiger partial charge in [0.2, 0.25) is 0 Å². The standard InChI is InChI=1S/C25H28N2O4/c1-18(2)15-21(19-9-5-3-6-10-19)27-23(28)17-30-25(29)14-13-24-26-16-22(31-24)20-11-7-4-8-12-20/h3-12,16,18,21H,13-15,17H2,1-2H3,(H,27,28). The van der Waals surface area contributed by atoms with Gasteiger partial charge in [0, 0.05) is 12.0 Å². The molecule has 1 aromatic heterocycles. The van der Waals surface area contributed by atoms with Gasteiger partial charge < -0.3 is 14.5 Å². The van der Waals surface area contributed by atoms with Crippen LogP contribution in [0.4, 0.5) is 0 Å². The lowest BCUT2D eigenvalue weighted by atomic mass is 9.97. The minimum absolute atomic E-state index is 0.0934. The van der Waals surface area contributed by atoms with Gasteiger partial charge in [0.1, 0.15) is 0 Å². The summed E-state index contributed by atoms with van der Waals surface area (Å²) < 4.78 is 10.8. The van der Waals surface area contributed by atoms with Crippen molar-refractivity contribution in [3.63, 3.8) is 0 Å². The van der Waals surface area contributed by atoms with Crippen LogP contribution in [0.2, 0.25) is 0 Å². The van der Waals surface area contributed by atoms with Gasteiger partial charge in [-0.15, -0.1) is 0 Å². The zero-order chi connectivity index (χ0) is 22.1. The van der Waals surface area contributed by atoms with E-state index in [1.54, 1.807) is 6.20 Å². The largest absolute Gasteiger partial charge is 0.456 e. The molecule has 0 radical (unpaired) electrons. The minimum atomic E-state index is -0.463. The second kappa shape index (κ2) is 11.1. The van der Waals surface area contributed by atoms with Gasteiger partial charge in [0.05, 0.1) is 18.7 Å². The van der Waals surface area contributed by atoms with E-state index >= 15 is 0 Å². The number of carbonyl (C=O) groups excluding carboxylic acids is 2. The fourth-order valence-electron chi connectivity index (χ4n) is 3.26. The lowest BCUT2D eigenvalue weighted by Gasteiger charge is -2.21. The van der Waals surface area contributed by atoms with Gasteiger partial charge in [-0.2, -0.15) is 0 Å². The number of aryl methyl sites for hydroxylation is 1. The van der Waals surface area contributed by atoms with Gasteiger partial charge in [0.15, 0.2) is 18.3 Å². The summed E-state index contributed by atoms with van der Waals surface area (Å²) in [4.78, 5) is 28.6. The van der Waals surface area contributed by atoms with Gasteiger partial charge in [0.25, 0.3) is 5.91 Å². The molecule has 162 valence electrons. The van der Waals surface area contributed by atoms with E-state index in [-0.39, 0.29) is 25.0 Å². The fourth-order valence-corrected chi connectivity index (χ4v) is 3.26. The maximum Gasteiger partial charge on any atom is 0.306 e. The van der Waals surface area contributed by atoms with E-state index in [9.17, 15) is 9.59 Å². The SMILES string of the molecule is CC(C)CC(NC(=O)COC(=O)CCc1ncc(-c2ccccc2)o1)c1ccccc1. The Morgan fingerprint density at radius 2 is 1.71 bits per heavy atom. The molecule has 1 amide bonds. The van der Waals surface area contributed by atoms with Crippen molar-refractivity contribution in [1.82, 2.24) is 10.3 Å². The van der Waals surface area contributed by atoms with Gasteiger partial charge in [-0.05, 0) is 17.9 Å². The van der Waals surface area contributed by atoms with Crippen LogP contribution in [-0.4, -0.2) is 23.5 Å². The number of amides is 1. The van der Waals surface area contributed by atoms with Crippen LogP contribution in [0, 0.1) is 5.92 Å². The van der Waals surface area contributed by atoms with Crippen molar-refractivity contribution in [2.75, 3.05) is 6.61 Å². The molecule has 1 unspecified atom stereocenters. The number of hydrogen-bond donors (Lipinski definition) is 1. The van der Waals surface area contributed by atoms with Crippen molar-refractivity contribution < 1.29 is 18.7 Å². The van der Waals surface area contributed by atoms with Crippen molar-refractivity contribution in [1.29, 1.82) is 0 Å². The summed E-state index contributed by atoms with van der Waals surface area (Å²) in [6, 6.07) is 19.3. The summed E-state index contributed by atoms with van der Waals surface area (Å²) in [6.45, 7) is 3.91. The number of aromatic nitrogens is 1. The summed E-state index contributed by atoms with van der Waals surface area (Å²) in [6.07, 6.45) is 2.85. The lowest BCUT2D eigenvalue weighted by molar-refractivity contribution is -0.148. The van der Waals surface area contributed by atoms with Crippen molar-refractivity contribution in [2.45, 2.75) is 39.2 Å². The van der Waals surface area contributed by atoms with Crippen LogP contribution >= 0.6 is 0 Å². The molecule has 31 heavy (non-hydrogen) atoms. The van der Waals surface area contributed by atoms with Crippen molar-refractivity contribution in [3.8, 4) is 11.3 Å². The van der Waals surface area contributed by atoms with Gasteiger partial charge in [-0.3, -0.25) is 9.59 Å². The first-order chi connectivity index (χ1) is 15.0. The number of carbonyl (C=O) groups is 2. The quantitative estimate of drug-likeness (QED) is 0.480. The number of nitrogens with one attached hydrogen (secondary N) is 1. The minimum Gasteiger partial charge on any atom is -0.456 e. The van der Waals surface area contributed by atoms with E-state index in [4.69, 9.17) is 9.15 Å². The maximum atomic E-state index is 12.3. The molecule has 2 aromatic carbocycles. The number of rotatable bonds is 10. The Balaban J connectivity index is 1.44. The molecule has 3 aromatic rings. The van der Waals surface area contributed by atoms with Crippen LogP contribution in [0.15, 0.2) is 71.3 Å². The molecule has 0 aliphatic heterocycles. The molecule has 0 saturated heterocycles. The van der Waals surface area contributed by atoms with Crippen molar-refractivity contribution in [3.05, 3.63) is 78.3 Å². The number of esters is 1. The lowest BCUT2D eigenvalue weighted by Crippen LogP contribution is -2.33. The third-order valence-corrected chi connectivity index (χ3v) is 4.76. The topological polar surface area (TPSA) is 81.4 Å². The zero-order valence-corrected chi connectivity index (χ0v) is 17.9. The fraction of sp³-hybridized carbons (Fsp3) is 0.320. The Hall–Kier alpha value is -3.41. The van der Waals surface area contributed by atoms with Crippen LogP contribution in [0.5, 0.6) is 0 Å². The Labute approximate surface area is 182 Å². The van der Waals surface area contributed by atoms with Crippen LogP contribution in [-0.2, 0) is 20.7 Å². The maximum absolute atomic E-state index is 12.3. The molecule has 6 nitrogen and oxygen atoms in total. The second-order valence-corrected chi connectivity index (χ2v) is 7.81. The van der Waals surface area contributed by atoms with Gasteiger partial charge >= 0.3 is 5.97 Å². The van der Waals surface area contributed by atoms with E-state index in [1.807, 2.05) is 60.7 Å². The zero-order valence-electron chi connectivity index (χ0n) is 17.9. The normalized spacial score (nSPS) is 11.8. The average molecular weight is 421 g/mol. The summed E-state index contributed by atoms with van der Waals surface area (Å²) >= 11 is 0. The number of hydrogen-bond acceptors (Lipinski definition) is 5. The van der Waals surface area contributed by atoms with E-state index in [1.165, 1.54) is 0 Å². The Morgan fingerprint density at radius 1 is 1.03 bits per heavy atom. The second-order valence-electron chi connectivity index (χ2n) is 7.81. The predicted octanol–water partition coefficient (Wildman–Crippen LogP) is 4.72. The Bertz CT molecular complexity index is 967. The highest BCUT2D eigenvalue weighted by Gasteiger charge is 2.17. The average Bonchev–Trinajstić information content (AvgIpc) is 3.26. The van der Waals surface area contributed by atoms with Crippen molar-refractivity contribution in [2.24, 2.45) is 5.92 Å². The van der Waals surface area contributed by atoms with Crippen LogP contribution in [0.1, 0.15) is 44.2 Å². The summed E-state index contributed by atoms with van der Waals surface area (Å²) in [5.74, 6) is 0.747. The predicted molar refractivity (Wildman–Crippen MR) is 118 cm³/mol. The number of nitrogens with zero attached hydrogens (tertiary/aromatic N) is 1. The number of ether oxygens (including phenoxy) is 1. The molecule has 0 saturated carbocycles. The Kier molecular flexibility index (Phi) is 7.98. The molecule has 0 bridgehead atoms. The van der Waals surface area contributed by atoms with E-state index in [2.05, 4.69) is 24.1 Å². The van der Waals surface area contributed by atoms with E-state index in [0.717, 1.165) is 17.5 Å². The summed E-state index contributed by atoms with van der Waals surface area (Å²) in [5, 5.41) is 2.97. The van der Waals surface area contributed by atoms with E-state index < -0.39 is 5.97 Å². The third-order valence-electron chi connectivity index (χ3n) is 4.76. The molecule has 6 heteroatoms. The molecular weight excluding hydrogens is 392 g/mol. The molecular formula is C25H28N2O4. The van der Waals surface area contributed by atoms with Crippen LogP contribution in [0.3, 0.4) is 0 Å². The molecule has 1 heterocycles. The van der Waals surface area contributed by atoms with Crippen LogP contribution in [0.25, 0.3) is 11.3 Å². The van der Waals surface area contributed by atoms with E-state index in [0.29, 0.717) is 24.0 Å². The molecule has 0 aliphatic carbocycles. The van der Waals surface area contributed by atoms with Gasteiger partial charge in [-0.1, -0.05) is 74.5 Å². The first-order valence-corrected chi connectivity index (χ1v) is 10.5. The first-order valence-electron chi connectivity index (χ1n) is 10.5. The number of benzene rings is 2. The molecule has 0 fully saturated rings. The molecule has 1 N–H and O–H groups in total. The molecule has 0 spiro atoms. The highest BCUT2D eigenvalue weighted by Crippen LogP contribution is 2.21. The summed E-state index contributed by atoms with van der Waals surface area (Å²) in [7, 11) is 0. The molecule has 3 rings (SSSR count). The Morgan fingerprint density at radius 3 is 2.39 bits per heavy atom. The molecule has 1 atom stereocenters. The van der Waals surface area contributed by atoms with Gasteiger partial charge in [-0.25, -0.2) is 4.98 Å².